The molecule has 1 saturated heterocycles. The van der Waals surface area contributed by atoms with Crippen molar-refractivity contribution < 1.29 is 13.5 Å². The Morgan fingerprint density at radius 1 is 1.10 bits per heavy atom. The summed E-state index contributed by atoms with van der Waals surface area (Å²) in [5.41, 5.74) is 0.0592. The molecule has 158 valence electrons. The topological polar surface area (TPSA) is 106 Å². The summed E-state index contributed by atoms with van der Waals surface area (Å²) in [6, 6.07) is 0.189. The van der Waals surface area contributed by atoms with Crippen LogP contribution in [0.2, 0.25) is 0 Å². The molecule has 3 aromatic rings. The fourth-order valence-corrected chi connectivity index (χ4v) is 2.99. The first-order valence-electron chi connectivity index (χ1n) is 9.39. The minimum atomic E-state index is -0.746. The third-order valence-corrected chi connectivity index (χ3v) is 4.45. The average molecular weight is 417 g/mol. The van der Waals surface area contributed by atoms with Crippen molar-refractivity contribution in [2.45, 2.75) is 13.0 Å². The van der Waals surface area contributed by atoms with Crippen LogP contribution in [0.25, 0.3) is 0 Å². The zero-order chi connectivity index (χ0) is 21.1. The van der Waals surface area contributed by atoms with Crippen LogP contribution in [-0.4, -0.2) is 55.8 Å². The molecule has 0 aromatic carbocycles. The normalized spacial score (nSPS) is 15.1. The molecule has 0 spiro atoms. The number of anilines is 4. The third kappa shape index (κ3) is 4.59. The van der Waals surface area contributed by atoms with Crippen LogP contribution in [0.15, 0.2) is 24.8 Å². The van der Waals surface area contributed by atoms with Crippen molar-refractivity contribution >= 4 is 23.7 Å². The van der Waals surface area contributed by atoms with Gasteiger partial charge >= 0.3 is 0 Å². The third-order valence-electron chi connectivity index (χ3n) is 4.45. The summed E-state index contributed by atoms with van der Waals surface area (Å²) in [7, 11) is 1.85. The van der Waals surface area contributed by atoms with E-state index in [4.69, 9.17) is 4.74 Å². The molecule has 30 heavy (non-hydrogen) atoms. The molecule has 0 bridgehead atoms. The van der Waals surface area contributed by atoms with E-state index in [1.54, 1.807) is 24.0 Å². The summed E-state index contributed by atoms with van der Waals surface area (Å²) in [5.74, 6) is 0.0515. The van der Waals surface area contributed by atoms with Crippen LogP contribution in [0, 0.1) is 11.6 Å². The highest BCUT2D eigenvalue weighted by molar-refractivity contribution is 5.52. The van der Waals surface area contributed by atoms with Crippen LogP contribution in [-0.2, 0) is 11.8 Å². The van der Waals surface area contributed by atoms with E-state index in [0.717, 1.165) is 12.3 Å². The number of imidazole rings is 1. The lowest BCUT2D eigenvalue weighted by atomic mass is 10.2. The van der Waals surface area contributed by atoms with Gasteiger partial charge in [0, 0.05) is 32.4 Å². The van der Waals surface area contributed by atoms with Crippen molar-refractivity contribution in [3.8, 4) is 0 Å². The number of hydrogen-bond acceptors (Lipinski definition) is 9. The second kappa shape index (κ2) is 8.53. The van der Waals surface area contributed by atoms with Crippen LogP contribution >= 0.6 is 0 Å². The number of aryl methyl sites for hydroxylation is 1. The lowest BCUT2D eigenvalue weighted by molar-refractivity contribution is 0.122. The van der Waals surface area contributed by atoms with Gasteiger partial charge in [0.15, 0.2) is 5.82 Å². The van der Waals surface area contributed by atoms with Crippen LogP contribution in [0.4, 0.5) is 32.4 Å². The molecule has 1 fully saturated rings. The molecule has 1 aliphatic heterocycles. The molecule has 10 nitrogen and oxygen atoms in total. The SMILES string of the molecule is CC(Nc1nc(Nc2cn(C)cn2)nc(N2CCOCC2)n1)c1ncc(F)cc1F. The van der Waals surface area contributed by atoms with Crippen molar-refractivity contribution in [2.75, 3.05) is 41.8 Å². The molecule has 4 rings (SSSR count). The molecule has 0 radical (unpaired) electrons. The van der Waals surface area contributed by atoms with E-state index in [0.29, 0.717) is 38.1 Å². The minimum Gasteiger partial charge on any atom is -0.378 e. The molecular weight excluding hydrogens is 396 g/mol. The van der Waals surface area contributed by atoms with Gasteiger partial charge in [-0.15, -0.1) is 0 Å². The average Bonchev–Trinajstić information content (AvgIpc) is 3.13. The molecule has 12 heteroatoms. The Kier molecular flexibility index (Phi) is 5.65. The summed E-state index contributed by atoms with van der Waals surface area (Å²) in [5, 5.41) is 6.06. The first kappa shape index (κ1) is 19.9. The number of rotatable bonds is 6. The molecule has 1 unspecified atom stereocenters. The first-order valence-corrected chi connectivity index (χ1v) is 9.39. The predicted octanol–water partition coefficient (Wildman–Crippen LogP) is 2.03. The molecule has 3 aromatic heterocycles. The Balaban J connectivity index is 1.62. The number of halogens is 2. The summed E-state index contributed by atoms with van der Waals surface area (Å²) in [6.45, 7) is 4.09. The van der Waals surface area contributed by atoms with E-state index >= 15 is 0 Å². The van der Waals surface area contributed by atoms with Crippen LogP contribution < -0.4 is 15.5 Å². The van der Waals surface area contributed by atoms with Crippen molar-refractivity contribution in [1.82, 2.24) is 29.5 Å². The standard InChI is InChI=1S/C18H21F2N9O/c1-11(15-13(20)7-12(19)8-21-15)23-16-25-17(24-14-9-28(2)10-22-14)27-18(26-16)29-3-5-30-6-4-29/h7-11H,3-6H2,1-2H3,(H2,23,24,25,26,27). The smallest absolute Gasteiger partial charge is 0.235 e. The first-order chi connectivity index (χ1) is 14.5. The van der Waals surface area contributed by atoms with Gasteiger partial charge in [-0.3, -0.25) is 4.98 Å². The Bertz CT molecular complexity index is 1020. The van der Waals surface area contributed by atoms with Gasteiger partial charge in [-0.25, -0.2) is 13.8 Å². The number of nitrogens with zero attached hydrogens (tertiary/aromatic N) is 7. The second-order valence-corrected chi connectivity index (χ2v) is 6.82. The van der Waals surface area contributed by atoms with E-state index in [1.165, 1.54) is 0 Å². The van der Waals surface area contributed by atoms with E-state index in [-0.39, 0.29) is 17.6 Å². The maximum atomic E-state index is 14.1. The number of pyridine rings is 1. The van der Waals surface area contributed by atoms with Gasteiger partial charge < -0.3 is 24.8 Å². The summed E-state index contributed by atoms with van der Waals surface area (Å²) in [4.78, 5) is 23.3. The number of aromatic nitrogens is 6. The molecule has 2 N–H and O–H groups in total. The Labute approximate surface area is 171 Å². The van der Waals surface area contributed by atoms with Gasteiger partial charge in [0.1, 0.15) is 11.6 Å². The van der Waals surface area contributed by atoms with E-state index in [9.17, 15) is 8.78 Å². The zero-order valence-corrected chi connectivity index (χ0v) is 16.5. The highest BCUT2D eigenvalue weighted by atomic mass is 19.1. The minimum absolute atomic E-state index is 0.0592. The highest BCUT2D eigenvalue weighted by Gasteiger charge is 2.19. The largest absolute Gasteiger partial charge is 0.378 e. The van der Waals surface area contributed by atoms with Gasteiger partial charge in [-0.1, -0.05) is 0 Å². The second-order valence-electron chi connectivity index (χ2n) is 6.82. The summed E-state index contributed by atoms with van der Waals surface area (Å²) >= 11 is 0. The quantitative estimate of drug-likeness (QED) is 0.623. The maximum Gasteiger partial charge on any atom is 0.235 e. The zero-order valence-electron chi connectivity index (χ0n) is 16.5. The maximum absolute atomic E-state index is 14.1. The van der Waals surface area contributed by atoms with Crippen LogP contribution in [0.1, 0.15) is 18.7 Å². The fourth-order valence-electron chi connectivity index (χ4n) is 2.99. The predicted molar refractivity (Wildman–Crippen MR) is 106 cm³/mol. The molecule has 4 heterocycles. The van der Waals surface area contributed by atoms with Crippen molar-refractivity contribution in [3.63, 3.8) is 0 Å². The summed E-state index contributed by atoms with van der Waals surface area (Å²) < 4.78 is 34.4. The molecule has 0 aliphatic carbocycles. The van der Waals surface area contributed by atoms with E-state index < -0.39 is 17.7 Å². The monoisotopic (exact) mass is 417 g/mol. The molecule has 1 aliphatic rings. The van der Waals surface area contributed by atoms with E-state index in [1.807, 2.05) is 11.9 Å². The van der Waals surface area contributed by atoms with Gasteiger partial charge in [0.2, 0.25) is 17.8 Å². The number of nitrogens with one attached hydrogen (secondary N) is 2. The van der Waals surface area contributed by atoms with Crippen molar-refractivity contribution in [1.29, 1.82) is 0 Å². The summed E-state index contributed by atoms with van der Waals surface area (Å²) in [6.07, 6.45) is 4.40. The molecular formula is C18H21F2N9O. The Morgan fingerprint density at radius 3 is 2.57 bits per heavy atom. The number of morpholine rings is 1. The van der Waals surface area contributed by atoms with Crippen LogP contribution in [0.3, 0.4) is 0 Å². The van der Waals surface area contributed by atoms with E-state index in [2.05, 4.69) is 35.6 Å². The number of ether oxygens (including phenoxy) is 1. The Morgan fingerprint density at radius 2 is 1.87 bits per heavy atom. The van der Waals surface area contributed by atoms with Gasteiger partial charge in [0.05, 0.1) is 37.5 Å². The van der Waals surface area contributed by atoms with Gasteiger partial charge in [-0.05, 0) is 6.92 Å². The molecule has 0 amide bonds. The van der Waals surface area contributed by atoms with Gasteiger partial charge in [0.25, 0.3) is 0 Å². The number of hydrogen-bond donors (Lipinski definition) is 2. The van der Waals surface area contributed by atoms with Crippen molar-refractivity contribution in [2.24, 2.45) is 7.05 Å². The van der Waals surface area contributed by atoms with Gasteiger partial charge in [-0.2, -0.15) is 15.0 Å². The lowest BCUT2D eigenvalue weighted by Crippen LogP contribution is -2.37. The lowest BCUT2D eigenvalue weighted by Gasteiger charge is -2.27. The Hall–Kier alpha value is -3.41. The fraction of sp³-hybridized carbons (Fsp3) is 0.389. The molecule has 1 atom stereocenters. The van der Waals surface area contributed by atoms with Crippen LogP contribution in [0.5, 0.6) is 0 Å². The molecule has 0 saturated carbocycles. The van der Waals surface area contributed by atoms with Crippen molar-refractivity contribution in [3.05, 3.63) is 42.1 Å². The highest BCUT2D eigenvalue weighted by Crippen LogP contribution is 2.22.